The van der Waals surface area contributed by atoms with E-state index in [2.05, 4.69) is 15.5 Å². The van der Waals surface area contributed by atoms with Crippen molar-refractivity contribution in [1.29, 1.82) is 0 Å². The Bertz CT molecular complexity index is 643. The molecule has 0 radical (unpaired) electrons. The molecule has 1 heterocycles. The molecule has 1 atom stereocenters. The van der Waals surface area contributed by atoms with E-state index in [1.807, 2.05) is 5.32 Å². The van der Waals surface area contributed by atoms with Gasteiger partial charge in [-0.15, -0.1) is 0 Å². The van der Waals surface area contributed by atoms with Gasteiger partial charge < -0.3 is 15.2 Å². The van der Waals surface area contributed by atoms with E-state index in [1.165, 1.54) is 0 Å². The van der Waals surface area contributed by atoms with Crippen molar-refractivity contribution in [2.75, 3.05) is 0 Å². The first-order valence-corrected chi connectivity index (χ1v) is 6.79. The number of hydrogen-bond donors (Lipinski definition) is 2. The molecule has 23 heavy (non-hydrogen) atoms. The van der Waals surface area contributed by atoms with Gasteiger partial charge in [-0.2, -0.15) is 18.2 Å². The summed E-state index contributed by atoms with van der Waals surface area (Å²) in [7, 11) is 0. The minimum absolute atomic E-state index is 0.126. The Hall–Kier alpha value is -2.58. The quantitative estimate of drug-likeness (QED) is 0.883. The second-order valence-electron chi connectivity index (χ2n) is 4.84. The molecule has 124 valence electrons. The second kappa shape index (κ2) is 7.12. The molecular formula is C14H15F3N4O2. The Kier molecular flexibility index (Phi) is 5.20. The lowest BCUT2D eigenvalue weighted by atomic mass is 10.1. The van der Waals surface area contributed by atoms with Gasteiger partial charge in [0, 0.05) is 13.3 Å². The molecule has 2 amide bonds. The molecule has 0 fully saturated rings. The number of aryl methyl sites for hydroxylation is 1. The molecule has 0 spiro atoms. The van der Waals surface area contributed by atoms with Crippen LogP contribution in [0.2, 0.25) is 0 Å². The van der Waals surface area contributed by atoms with Gasteiger partial charge >= 0.3 is 12.2 Å². The Labute approximate surface area is 130 Å². The van der Waals surface area contributed by atoms with Crippen LogP contribution in [-0.4, -0.2) is 28.4 Å². The van der Waals surface area contributed by atoms with E-state index >= 15 is 0 Å². The lowest BCUT2D eigenvalue weighted by Crippen LogP contribution is -2.50. The van der Waals surface area contributed by atoms with Crippen LogP contribution >= 0.6 is 0 Å². The van der Waals surface area contributed by atoms with Gasteiger partial charge in [0.25, 0.3) is 0 Å². The van der Waals surface area contributed by atoms with Crippen molar-refractivity contribution in [3.63, 3.8) is 0 Å². The van der Waals surface area contributed by atoms with Crippen molar-refractivity contribution in [3.05, 3.63) is 47.6 Å². The van der Waals surface area contributed by atoms with Gasteiger partial charge in [0.2, 0.25) is 5.89 Å². The molecule has 1 aromatic heterocycles. The SMILES string of the molecule is Cc1nc(CNC(=O)N[C@H](Cc2ccccc2)C(F)(F)F)no1. The summed E-state index contributed by atoms with van der Waals surface area (Å²) in [5.74, 6) is 0.490. The number of amides is 2. The summed E-state index contributed by atoms with van der Waals surface area (Å²) in [4.78, 5) is 15.5. The summed E-state index contributed by atoms with van der Waals surface area (Å²) in [6.07, 6.45) is -4.91. The first-order valence-electron chi connectivity index (χ1n) is 6.79. The van der Waals surface area contributed by atoms with E-state index in [9.17, 15) is 18.0 Å². The third-order valence-corrected chi connectivity index (χ3v) is 2.96. The monoisotopic (exact) mass is 328 g/mol. The number of hydrogen-bond acceptors (Lipinski definition) is 4. The molecule has 1 aromatic carbocycles. The van der Waals surface area contributed by atoms with E-state index in [1.54, 1.807) is 37.3 Å². The number of urea groups is 1. The number of carbonyl (C=O) groups is 1. The Balaban J connectivity index is 1.93. The van der Waals surface area contributed by atoms with Crippen LogP contribution in [0.1, 0.15) is 17.3 Å². The summed E-state index contributed by atoms with van der Waals surface area (Å²) in [6.45, 7) is 1.44. The predicted molar refractivity (Wildman–Crippen MR) is 74.4 cm³/mol. The van der Waals surface area contributed by atoms with Crippen molar-refractivity contribution in [2.24, 2.45) is 0 Å². The van der Waals surface area contributed by atoms with Crippen LogP contribution in [0.5, 0.6) is 0 Å². The molecule has 0 bridgehead atoms. The zero-order valence-electron chi connectivity index (χ0n) is 12.2. The smallest absolute Gasteiger partial charge is 0.340 e. The molecular weight excluding hydrogens is 313 g/mol. The molecule has 0 aliphatic rings. The molecule has 2 rings (SSSR count). The highest BCUT2D eigenvalue weighted by atomic mass is 19.4. The van der Waals surface area contributed by atoms with Gasteiger partial charge in [-0.05, 0) is 5.56 Å². The van der Waals surface area contributed by atoms with Crippen molar-refractivity contribution >= 4 is 6.03 Å². The number of carbonyl (C=O) groups excluding carboxylic acids is 1. The Morgan fingerprint density at radius 2 is 2.00 bits per heavy atom. The summed E-state index contributed by atoms with van der Waals surface area (Å²) in [5, 5.41) is 7.72. The first kappa shape index (κ1) is 16.8. The largest absolute Gasteiger partial charge is 0.408 e. The van der Waals surface area contributed by atoms with E-state index in [-0.39, 0.29) is 18.8 Å². The Morgan fingerprint density at radius 1 is 1.30 bits per heavy atom. The van der Waals surface area contributed by atoms with E-state index in [0.717, 1.165) is 0 Å². The number of nitrogens with zero attached hydrogens (tertiary/aromatic N) is 2. The third kappa shape index (κ3) is 5.28. The molecule has 0 saturated heterocycles. The number of halogens is 3. The fourth-order valence-corrected chi connectivity index (χ4v) is 1.88. The van der Waals surface area contributed by atoms with Crippen LogP contribution in [0.15, 0.2) is 34.9 Å². The number of nitrogens with one attached hydrogen (secondary N) is 2. The number of benzene rings is 1. The zero-order chi connectivity index (χ0) is 16.9. The number of aromatic nitrogens is 2. The summed E-state index contributed by atoms with van der Waals surface area (Å²) in [5.41, 5.74) is 0.476. The van der Waals surface area contributed by atoms with Gasteiger partial charge in [0.1, 0.15) is 6.04 Å². The molecule has 2 aromatic rings. The maximum absolute atomic E-state index is 13.1. The summed E-state index contributed by atoms with van der Waals surface area (Å²) in [6, 6.07) is 5.19. The molecule has 9 heteroatoms. The lowest BCUT2D eigenvalue weighted by molar-refractivity contribution is -0.152. The fraction of sp³-hybridized carbons (Fsp3) is 0.357. The molecule has 0 aliphatic heterocycles. The van der Waals surface area contributed by atoms with E-state index in [4.69, 9.17) is 4.52 Å². The van der Waals surface area contributed by atoms with Crippen LogP contribution in [0.3, 0.4) is 0 Å². The lowest BCUT2D eigenvalue weighted by Gasteiger charge is -2.21. The summed E-state index contributed by atoms with van der Waals surface area (Å²) < 4.78 is 43.8. The average Bonchev–Trinajstić information content (AvgIpc) is 2.90. The van der Waals surface area contributed by atoms with Gasteiger partial charge in [-0.25, -0.2) is 4.79 Å². The van der Waals surface area contributed by atoms with Crippen LogP contribution < -0.4 is 10.6 Å². The minimum atomic E-state index is -4.56. The normalized spacial score (nSPS) is 12.7. The molecule has 0 unspecified atom stereocenters. The average molecular weight is 328 g/mol. The second-order valence-corrected chi connectivity index (χ2v) is 4.84. The van der Waals surface area contributed by atoms with Crippen molar-refractivity contribution in [1.82, 2.24) is 20.8 Å². The van der Waals surface area contributed by atoms with Crippen molar-refractivity contribution < 1.29 is 22.5 Å². The predicted octanol–water partition coefficient (Wildman–Crippen LogP) is 2.35. The van der Waals surface area contributed by atoms with Crippen LogP contribution in [0.25, 0.3) is 0 Å². The number of rotatable bonds is 5. The van der Waals surface area contributed by atoms with Gasteiger partial charge in [0.05, 0.1) is 6.54 Å². The Morgan fingerprint density at radius 3 is 2.57 bits per heavy atom. The van der Waals surface area contributed by atoms with E-state index < -0.39 is 18.2 Å². The standard InChI is InChI=1S/C14H15F3N4O2/c1-9-19-12(21-23-9)8-18-13(22)20-11(14(15,16)17)7-10-5-3-2-4-6-10/h2-6,11H,7-8H2,1H3,(H2,18,20,22)/t11-/m1/s1. The third-order valence-electron chi connectivity index (χ3n) is 2.96. The maximum Gasteiger partial charge on any atom is 0.408 e. The van der Waals surface area contributed by atoms with Crippen molar-refractivity contribution in [2.45, 2.75) is 32.1 Å². The van der Waals surface area contributed by atoms with Gasteiger partial charge in [-0.3, -0.25) is 0 Å². The molecule has 0 aliphatic carbocycles. The highest BCUT2D eigenvalue weighted by Gasteiger charge is 2.40. The highest BCUT2D eigenvalue weighted by Crippen LogP contribution is 2.23. The first-order chi connectivity index (χ1) is 10.8. The van der Waals surface area contributed by atoms with Crippen LogP contribution in [0.4, 0.5) is 18.0 Å². The van der Waals surface area contributed by atoms with Gasteiger partial charge in [-0.1, -0.05) is 35.5 Å². The minimum Gasteiger partial charge on any atom is -0.340 e. The zero-order valence-corrected chi connectivity index (χ0v) is 12.2. The molecule has 2 N–H and O–H groups in total. The summed E-state index contributed by atoms with van der Waals surface area (Å²) >= 11 is 0. The fourth-order valence-electron chi connectivity index (χ4n) is 1.88. The maximum atomic E-state index is 13.1. The highest BCUT2D eigenvalue weighted by molar-refractivity contribution is 5.74. The van der Waals surface area contributed by atoms with Crippen molar-refractivity contribution in [3.8, 4) is 0 Å². The van der Waals surface area contributed by atoms with E-state index in [0.29, 0.717) is 11.5 Å². The molecule has 0 saturated carbocycles. The van der Waals surface area contributed by atoms with Gasteiger partial charge in [0.15, 0.2) is 5.82 Å². The van der Waals surface area contributed by atoms with Crippen LogP contribution in [-0.2, 0) is 13.0 Å². The number of alkyl halides is 3. The topological polar surface area (TPSA) is 80.0 Å². The van der Waals surface area contributed by atoms with Crippen LogP contribution in [0, 0.1) is 6.92 Å². The molecule has 6 nitrogen and oxygen atoms in total.